The van der Waals surface area contributed by atoms with Crippen LogP contribution in [0.25, 0.3) is 0 Å². The van der Waals surface area contributed by atoms with E-state index in [0.717, 1.165) is 24.3 Å². The van der Waals surface area contributed by atoms with Crippen molar-refractivity contribution in [3.63, 3.8) is 0 Å². The lowest BCUT2D eigenvalue weighted by atomic mass is 10.1. The number of morpholine rings is 1. The second kappa shape index (κ2) is 8.07. The number of ether oxygens (including phenoxy) is 1. The molecule has 0 saturated carbocycles. The van der Waals surface area contributed by atoms with Gasteiger partial charge in [-0.1, -0.05) is 6.07 Å². The van der Waals surface area contributed by atoms with E-state index in [9.17, 15) is 4.79 Å². The number of amides is 1. The van der Waals surface area contributed by atoms with Crippen molar-refractivity contribution in [1.82, 2.24) is 14.9 Å². The molecule has 0 radical (unpaired) electrons. The molecule has 1 aliphatic rings. The fourth-order valence-electron chi connectivity index (χ4n) is 3.10. The summed E-state index contributed by atoms with van der Waals surface area (Å²) in [5.41, 5.74) is 2.51. The van der Waals surface area contributed by atoms with E-state index in [1.807, 2.05) is 43.0 Å². The molecule has 6 nitrogen and oxygen atoms in total. The maximum atomic E-state index is 13.0. The zero-order valence-electron chi connectivity index (χ0n) is 14.8. The number of anilines is 1. The highest BCUT2D eigenvalue weighted by Gasteiger charge is 2.23. The number of hydrogen-bond donors (Lipinski definition) is 0. The van der Waals surface area contributed by atoms with E-state index < -0.39 is 0 Å². The van der Waals surface area contributed by atoms with E-state index >= 15 is 0 Å². The Bertz CT molecular complexity index is 702. The largest absolute Gasteiger partial charge is 0.378 e. The van der Waals surface area contributed by atoms with Crippen LogP contribution in [0.5, 0.6) is 0 Å². The summed E-state index contributed by atoms with van der Waals surface area (Å²) in [4.78, 5) is 25.5. The van der Waals surface area contributed by atoms with Gasteiger partial charge in [0, 0.05) is 43.9 Å². The molecule has 1 amide bonds. The van der Waals surface area contributed by atoms with Gasteiger partial charge in [-0.2, -0.15) is 0 Å². The normalized spacial score (nSPS) is 15.7. The topological polar surface area (TPSA) is 58.6 Å². The Morgan fingerprint density at radius 3 is 2.80 bits per heavy atom. The molecule has 6 heteroatoms. The second-order valence-corrected chi connectivity index (χ2v) is 6.05. The first kappa shape index (κ1) is 17.4. The third-order valence-electron chi connectivity index (χ3n) is 4.57. The van der Waals surface area contributed by atoms with Crippen molar-refractivity contribution in [3.05, 3.63) is 54.1 Å². The van der Waals surface area contributed by atoms with Crippen molar-refractivity contribution in [2.45, 2.75) is 19.9 Å². The highest BCUT2D eigenvalue weighted by molar-refractivity contribution is 5.93. The van der Waals surface area contributed by atoms with Crippen molar-refractivity contribution >= 4 is 11.6 Å². The quantitative estimate of drug-likeness (QED) is 0.837. The first-order valence-corrected chi connectivity index (χ1v) is 8.70. The smallest absolute Gasteiger partial charge is 0.273 e. The minimum atomic E-state index is -0.0611. The molecule has 2 aromatic rings. The number of hydrogen-bond acceptors (Lipinski definition) is 5. The zero-order chi connectivity index (χ0) is 17.6. The predicted octanol–water partition coefficient (Wildman–Crippen LogP) is 2.54. The molecule has 1 fully saturated rings. The van der Waals surface area contributed by atoms with Crippen molar-refractivity contribution in [2.24, 2.45) is 0 Å². The lowest BCUT2D eigenvalue weighted by Gasteiger charge is -2.30. The third-order valence-corrected chi connectivity index (χ3v) is 4.57. The molecule has 0 N–H and O–H groups in total. The van der Waals surface area contributed by atoms with Crippen LogP contribution in [0.4, 0.5) is 5.69 Å². The molecular weight excluding hydrogens is 316 g/mol. The number of carbonyl (C=O) groups excluding carboxylic acids is 1. The van der Waals surface area contributed by atoms with Crippen molar-refractivity contribution in [3.8, 4) is 0 Å². The second-order valence-electron chi connectivity index (χ2n) is 6.05. The molecule has 2 aromatic heterocycles. The van der Waals surface area contributed by atoms with Crippen LogP contribution in [-0.2, 0) is 4.74 Å². The Morgan fingerprint density at radius 1 is 1.32 bits per heavy atom. The van der Waals surface area contributed by atoms with E-state index in [2.05, 4.69) is 14.9 Å². The monoisotopic (exact) mass is 340 g/mol. The summed E-state index contributed by atoms with van der Waals surface area (Å²) in [6.45, 7) is 7.71. The first-order valence-electron chi connectivity index (χ1n) is 8.70. The predicted molar refractivity (Wildman–Crippen MR) is 96.6 cm³/mol. The van der Waals surface area contributed by atoms with Gasteiger partial charge in [-0.15, -0.1) is 0 Å². The Kier molecular flexibility index (Phi) is 5.60. The molecule has 0 aliphatic carbocycles. The molecule has 0 bridgehead atoms. The molecule has 132 valence electrons. The molecule has 3 rings (SSSR count). The van der Waals surface area contributed by atoms with Gasteiger partial charge in [0.05, 0.1) is 19.3 Å². The molecule has 0 unspecified atom stereocenters. The van der Waals surface area contributed by atoms with Crippen molar-refractivity contribution in [2.75, 3.05) is 37.7 Å². The molecule has 1 aliphatic heterocycles. The van der Waals surface area contributed by atoms with Gasteiger partial charge in [-0.25, -0.2) is 0 Å². The minimum absolute atomic E-state index is 0.0555. The highest BCUT2D eigenvalue weighted by Crippen LogP contribution is 2.22. The molecule has 3 heterocycles. The van der Waals surface area contributed by atoms with Crippen molar-refractivity contribution in [1.29, 1.82) is 0 Å². The van der Waals surface area contributed by atoms with Crippen molar-refractivity contribution < 1.29 is 9.53 Å². The summed E-state index contributed by atoms with van der Waals surface area (Å²) in [7, 11) is 0. The van der Waals surface area contributed by atoms with Gasteiger partial charge in [-0.05, 0) is 37.6 Å². The SMILES string of the molecule is CCN(C(=O)c1cc(N2CCOCC2)ccn1)[C@@H](C)c1cccnc1. The van der Waals surface area contributed by atoms with Gasteiger partial charge in [0.25, 0.3) is 5.91 Å². The lowest BCUT2D eigenvalue weighted by molar-refractivity contribution is 0.0696. The van der Waals surface area contributed by atoms with Crippen LogP contribution >= 0.6 is 0 Å². The average molecular weight is 340 g/mol. The number of pyridine rings is 2. The van der Waals surface area contributed by atoms with Crippen LogP contribution < -0.4 is 4.90 Å². The summed E-state index contributed by atoms with van der Waals surface area (Å²) in [6.07, 6.45) is 5.25. The number of aromatic nitrogens is 2. The minimum Gasteiger partial charge on any atom is -0.378 e. The summed E-state index contributed by atoms with van der Waals surface area (Å²) in [5.74, 6) is -0.0611. The van der Waals surface area contributed by atoms with Gasteiger partial charge in [0.15, 0.2) is 0 Å². The molecule has 25 heavy (non-hydrogen) atoms. The first-order chi connectivity index (χ1) is 12.2. The average Bonchev–Trinajstić information content (AvgIpc) is 2.70. The summed E-state index contributed by atoms with van der Waals surface area (Å²) in [6, 6.07) is 7.65. The van der Waals surface area contributed by atoms with Gasteiger partial charge < -0.3 is 14.5 Å². The Balaban J connectivity index is 1.81. The third kappa shape index (κ3) is 3.96. The van der Waals surface area contributed by atoms with Crippen LogP contribution in [0.3, 0.4) is 0 Å². The van der Waals surface area contributed by atoms with Crippen LogP contribution in [0.1, 0.15) is 35.9 Å². The fourth-order valence-corrected chi connectivity index (χ4v) is 3.10. The van der Waals surface area contributed by atoms with Crippen LogP contribution in [0.15, 0.2) is 42.9 Å². The molecule has 0 aromatic carbocycles. The fraction of sp³-hybridized carbons (Fsp3) is 0.421. The zero-order valence-corrected chi connectivity index (χ0v) is 14.8. The highest BCUT2D eigenvalue weighted by atomic mass is 16.5. The van der Waals surface area contributed by atoms with Gasteiger partial charge >= 0.3 is 0 Å². The van der Waals surface area contributed by atoms with Crippen LogP contribution in [0, 0.1) is 0 Å². The van der Waals surface area contributed by atoms with Gasteiger partial charge in [0.2, 0.25) is 0 Å². The summed E-state index contributed by atoms with van der Waals surface area (Å²) < 4.78 is 5.40. The Labute approximate surface area is 148 Å². The van der Waals surface area contributed by atoms with Crippen LogP contribution in [0.2, 0.25) is 0 Å². The van der Waals surface area contributed by atoms with E-state index in [-0.39, 0.29) is 11.9 Å². The maximum Gasteiger partial charge on any atom is 0.273 e. The maximum absolute atomic E-state index is 13.0. The van der Waals surface area contributed by atoms with Gasteiger partial charge in [0.1, 0.15) is 5.69 Å². The summed E-state index contributed by atoms with van der Waals surface area (Å²) >= 11 is 0. The summed E-state index contributed by atoms with van der Waals surface area (Å²) in [5, 5.41) is 0. The Morgan fingerprint density at radius 2 is 2.12 bits per heavy atom. The molecular formula is C19H24N4O2. The number of carbonyl (C=O) groups is 1. The van der Waals surface area contributed by atoms with Crippen LogP contribution in [-0.4, -0.2) is 53.6 Å². The van der Waals surface area contributed by atoms with E-state index in [1.54, 1.807) is 18.6 Å². The van der Waals surface area contributed by atoms with E-state index in [1.165, 1.54) is 0 Å². The molecule has 1 atom stereocenters. The number of rotatable bonds is 5. The molecule has 0 spiro atoms. The van der Waals surface area contributed by atoms with Gasteiger partial charge in [-0.3, -0.25) is 14.8 Å². The lowest BCUT2D eigenvalue weighted by Crippen LogP contribution is -2.37. The van der Waals surface area contributed by atoms with E-state index in [4.69, 9.17) is 4.74 Å². The molecule has 1 saturated heterocycles. The standard InChI is InChI=1S/C19H24N4O2/c1-3-23(15(2)16-5-4-7-20-14-16)19(24)18-13-17(6-8-21-18)22-9-11-25-12-10-22/h4-8,13-15H,3,9-12H2,1-2H3/t15-/m0/s1. The Hall–Kier alpha value is -2.47. The number of nitrogens with zero attached hydrogens (tertiary/aromatic N) is 4. The van der Waals surface area contributed by atoms with E-state index in [0.29, 0.717) is 25.5 Å².